The fourth-order valence-corrected chi connectivity index (χ4v) is 1.85. The standard InChI is InChI=1S/C14H19N3O3/c1-14(2,3)20-13(19)17-6-4-10(5-7-17)12-15-8-11(18)9-16-12/h4,8-9,18H,5-7H2,1-3H3. The van der Waals surface area contributed by atoms with Gasteiger partial charge in [0.2, 0.25) is 0 Å². The smallest absolute Gasteiger partial charge is 0.410 e. The Bertz CT molecular complexity index is 517. The fourth-order valence-electron chi connectivity index (χ4n) is 1.85. The van der Waals surface area contributed by atoms with E-state index in [0.29, 0.717) is 25.3 Å². The molecule has 0 saturated carbocycles. The van der Waals surface area contributed by atoms with Crippen LogP contribution in [0.4, 0.5) is 4.79 Å². The van der Waals surface area contributed by atoms with Crippen molar-refractivity contribution in [3.05, 3.63) is 24.3 Å². The number of aromatic nitrogens is 2. The van der Waals surface area contributed by atoms with E-state index in [9.17, 15) is 4.79 Å². The molecule has 20 heavy (non-hydrogen) atoms. The fraction of sp³-hybridized carbons (Fsp3) is 0.500. The zero-order valence-electron chi connectivity index (χ0n) is 12.0. The molecule has 2 heterocycles. The van der Waals surface area contributed by atoms with Gasteiger partial charge in [-0.05, 0) is 32.8 Å². The lowest BCUT2D eigenvalue weighted by Gasteiger charge is -2.29. The summed E-state index contributed by atoms with van der Waals surface area (Å²) in [5.74, 6) is 0.632. The molecular weight excluding hydrogens is 258 g/mol. The first-order valence-corrected chi connectivity index (χ1v) is 6.53. The van der Waals surface area contributed by atoms with Crippen molar-refractivity contribution >= 4 is 11.7 Å². The van der Waals surface area contributed by atoms with Crippen molar-refractivity contribution in [2.24, 2.45) is 0 Å². The van der Waals surface area contributed by atoms with E-state index in [2.05, 4.69) is 9.97 Å². The molecule has 0 aliphatic carbocycles. The van der Waals surface area contributed by atoms with Gasteiger partial charge in [0.15, 0.2) is 11.6 Å². The van der Waals surface area contributed by atoms with Gasteiger partial charge in [-0.15, -0.1) is 0 Å². The summed E-state index contributed by atoms with van der Waals surface area (Å²) in [7, 11) is 0. The predicted molar refractivity (Wildman–Crippen MR) is 74.1 cm³/mol. The van der Waals surface area contributed by atoms with E-state index < -0.39 is 5.60 Å². The molecule has 1 N–H and O–H groups in total. The van der Waals surface area contributed by atoms with Gasteiger partial charge in [0, 0.05) is 13.1 Å². The Morgan fingerprint density at radius 1 is 1.35 bits per heavy atom. The highest BCUT2D eigenvalue weighted by molar-refractivity contribution is 5.71. The lowest BCUT2D eigenvalue weighted by Crippen LogP contribution is -2.39. The van der Waals surface area contributed by atoms with Gasteiger partial charge in [-0.3, -0.25) is 0 Å². The van der Waals surface area contributed by atoms with Crippen LogP contribution in [0.1, 0.15) is 33.0 Å². The van der Waals surface area contributed by atoms with Crippen molar-refractivity contribution < 1.29 is 14.6 Å². The van der Waals surface area contributed by atoms with Crippen molar-refractivity contribution in [3.8, 4) is 5.75 Å². The van der Waals surface area contributed by atoms with Crippen molar-refractivity contribution in [2.75, 3.05) is 13.1 Å². The molecule has 1 aromatic rings. The molecule has 0 radical (unpaired) electrons. The summed E-state index contributed by atoms with van der Waals surface area (Å²) in [6.07, 6.45) is 5.01. The summed E-state index contributed by atoms with van der Waals surface area (Å²) in [6.45, 7) is 6.60. The summed E-state index contributed by atoms with van der Waals surface area (Å²) in [5.41, 5.74) is 0.492. The van der Waals surface area contributed by atoms with Crippen LogP contribution >= 0.6 is 0 Å². The van der Waals surface area contributed by atoms with E-state index in [1.807, 2.05) is 26.8 Å². The third-order valence-electron chi connectivity index (χ3n) is 2.79. The molecule has 6 nitrogen and oxygen atoms in total. The van der Waals surface area contributed by atoms with E-state index in [1.54, 1.807) is 4.90 Å². The lowest BCUT2D eigenvalue weighted by molar-refractivity contribution is 0.0270. The second-order valence-electron chi connectivity index (χ2n) is 5.67. The quantitative estimate of drug-likeness (QED) is 0.851. The minimum atomic E-state index is -0.485. The van der Waals surface area contributed by atoms with Crippen LogP contribution in [0.25, 0.3) is 5.57 Å². The molecule has 1 aliphatic rings. The van der Waals surface area contributed by atoms with Crippen LogP contribution in [-0.4, -0.2) is 44.8 Å². The molecule has 0 spiro atoms. The largest absolute Gasteiger partial charge is 0.505 e. The Morgan fingerprint density at radius 3 is 2.50 bits per heavy atom. The van der Waals surface area contributed by atoms with Gasteiger partial charge in [-0.25, -0.2) is 14.8 Å². The van der Waals surface area contributed by atoms with Gasteiger partial charge in [0.25, 0.3) is 0 Å². The predicted octanol–water partition coefficient (Wildman–Crippen LogP) is 2.21. The number of rotatable bonds is 1. The number of carbonyl (C=O) groups excluding carboxylic acids is 1. The molecule has 0 aromatic carbocycles. The Morgan fingerprint density at radius 2 is 2.00 bits per heavy atom. The SMILES string of the molecule is CC(C)(C)OC(=O)N1CC=C(c2ncc(O)cn2)CC1. The minimum absolute atomic E-state index is 0.0422. The molecule has 6 heteroatoms. The minimum Gasteiger partial charge on any atom is -0.505 e. The number of aromatic hydroxyl groups is 1. The average molecular weight is 277 g/mol. The van der Waals surface area contributed by atoms with Gasteiger partial charge < -0.3 is 14.7 Å². The van der Waals surface area contributed by atoms with Crippen LogP contribution in [0.15, 0.2) is 18.5 Å². The zero-order valence-corrected chi connectivity index (χ0v) is 12.0. The van der Waals surface area contributed by atoms with Crippen molar-refractivity contribution in [1.82, 2.24) is 14.9 Å². The highest BCUT2D eigenvalue weighted by Crippen LogP contribution is 2.21. The van der Waals surface area contributed by atoms with Crippen LogP contribution in [0.3, 0.4) is 0 Å². The highest BCUT2D eigenvalue weighted by Gasteiger charge is 2.24. The second-order valence-corrected chi connectivity index (χ2v) is 5.67. The van der Waals surface area contributed by atoms with Crippen LogP contribution < -0.4 is 0 Å². The molecular formula is C14H19N3O3. The van der Waals surface area contributed by atoms with Gasteiger partial charge >= 0.3 is 6.09 Å². The molecule has 0 saturated heterocycles. The summed E-state index contributed by atoms with van der Waals surface area (Å²) in [4.78, 5) is 21.7. The monoisotopic (exact) mass is 277 g/mol. The zero-order chi connectivity index (χ0) is 14.8. The number of carbonyl (C=O) groups is 1. The van der Waals surface area contributed by atoms with Crippen molar-refractivity contribution in [1.29, 1.82) is 0 Å². The van der Waals surface area contributed by atoms with Crippen LogP contribution in [0.5, 0.6) is 5.75 Å². The Balaban J connectivity index is 2.00. The van der Waals surface area contributed by atoms with E-state index in [-0.39, 0.29) is 11.8 Å². The Labute approximate surface area is 118 Å². The highest BCUT2D eigenvalue weighted by atomic mass is 16.6. The van der Waals surface area contributed by atoms with Gasteiger partial charge in [-0.1, -0.05) is 6.08 Å². The van der Waals surface area contributed by atoms with Crippen LogP contribution in [0.2, 0.25) is 0 Å². The van der Waals surface area contributed by atoms with E-state index in [0.717, 1.165) is 5.57 Å². The molecule has 1 aliphatic heterocycles. The first kappa shape index (κ1) is 14.3. The van der Waals surface area contributed by atoms with Crippen LogP contribution in [0, 0.1) is 0 Å². The van der Waals surface area contributed by atoms with E-state index >= 15 is 0 Å². The summed E-state index contributed by atoms with van der Waals surface area (Å²) >= 11 is 0. The Hall–Kier alpha value is -2.11. The number of ether oxygens (including phenoxy) is 1. The number of hydrogen-bond donors (Lipinski definition) is 1. The third-order valence-corrected chi connectivity index (χ3v) is 2.79. The third kappa shape index (κ3) is 3.69. The van der Waals surface area contributed by atoms with Crippen LogP contribution in [-0.2, 0) is 4.74 Å². The molecule has 1 aromatic heterocycles. The topological polar surface area (TPSA) is 75.5 Å². The molecule has 1 amide bonds. The molecule has 0 fully saturated rings. The molecule has 2 rings (SSSR count). The summed E-state index contributed by atoms with van der Waals surface area (Å²) < 4.78 is 5.33. The number of amides is 1. The molecule has 0 bridgehead atoms. The van der Waals surface area contributed by atoms with Gasteiger partial charge in [0.05, 0.1) is 12.4 Å². The molecule has 108 valence electrons. The first-order chi connectivity index (χ1) is 9.35. The van der Waals surface area contributed by atoms with Crippen molar-refractivity contribution in [2.45, 2.75) is 32.8 Å². The summed E-state index contributed by atoms with van der Waals surface area (Å²) in [6, 6.07) is 0. The molecule has 0 atom stereocenters. The summed E-state index contributed by atoms with van der Waals surface area (Å²) in [5, 5.41) is 9.16. The number of nitrogens with zero attached hydrogens (tertiary/aromatic N) is 3. The van der Waals surface area contributed by atoms with E-state index in [4.69, 9.17) is 9.84 Å². The lowest BCUT2D eigenvalue weighted by atomic mass is 10.1. The maximum Gasteiger partial charge on any atom is 0.410 e. The second kappa shape index (κ2) is 5.48. The average Bonchev–Trinajstić information content (AvgIpc) is 2.38. The van der Waals surface area contributed by atoms with Gasteiger partial charge in [-0.2, -0.15) is 0 Å². The van der Waals surface area contributed by atoms with E-state index in [1.165, 1.54) is 12.4 Å². The Kier molecular flexibility index (Phi) is 3.92. The first-order valence-electron chi connectivity index (χ1n) is 6.53. The van der Waals surface area contributed by atoms with Crippen molar-refractivity contribution in [3.63, 3.8) is 0 Å². The maximum absolute atomic E-state index is 11.9. The maximum atomic E-state index is 11.9. The normalized spacial score (nSPS) is 15.8. The van der Waals surface area contributed by atoms with Gasteiger partial charge in [0.1, 0.15) is 5.60 Å². The number of hydrogen-bond acceptors (Lipinski definition) is 5. The molecule has 0 unspecified atom stereocenters.